The van der Waals surface area contributed by atoms with Gasteiger partial charge in [0.15, 0.2) is 0 Å². The molecule has 0 fully saturated rings. The number of carbonyl (C=O) groups is 2. The molecule has 6 heteroatoms. The van der Waals surface area contributed by atoms with Crippen LogP contribution in [0.4, 0.5) is 0 Å². The van der Waals surface area contributed by atoms with Crippen molar-refractivity contribution in [1.29, 1.82) is 0 Å². The van der Waals surface area contributed by atoms with Crippen LogP contribution in [0.1, 0.15) is 31.8 Å². The third-order valence-corrected chi connectivity index (χ3v) is 4.09. The number of benzene rings is 3. The minimum absolute atomic E-state index is 0.302. The number of hydrazone groups is 1. The molecule has 0 heterocycles. The van der Waals surface area contributed by atoms with Crippen LogP contribution in [0.2, 0.25) is 0 Å². The van der Waals surface area contributed by atoms with Gasteiger partial charge in [-0.2, -0.15) is 5.10 Å². The molecule has 0 atom stereocenters. The Hall–Kier alpha value is -3.93. The second kappa shape index (κ2) is 9.32. The quantitative estimate of drug-likeness (QED) is 0.300. The molecule has 3 aromatic rings. The molecule has 0 saturated heterocycles. The van der Waals surface area contributed by atoms with Crippen LogP contribution >= 0.6 is 0 Å². The molecule has 0 bridgehead atoms. The summed E-state index contributed by atoms with van der Waals surface area (Å²) in [6.07, 6.45) is 1.48. The molecule has 0 aromatic heterocycles. The van der Waals surface area contributed by atoms with Crippen molar-refractivity contribution in [2.75, 3.05) is 7.11 Å². The molecule has 0 aliphatic rings. The molecule has 0 spiro atoms. The summed E-state index contributed by atoms with van der Waals surface area (Å²) in [4.78, 5) is 24.3. The number of amides is 1. The van der Waals surface area contributed by atoms with Gasteiger partial charge >= 0.3 is 5.97 Å². The number of carbonyl (C=O) groups excluding carboxylic acids is 2. The van der Waals surface area contributed by atoms with E-state index in [2.05, 4.69) is 10.5 Å². The average Bonchev–Trinajstić information content (AvgIpc) is 2.74. The second-order valence-electron chi connectivity index (χ2n) is 6.26. The first-order valence-corrected chi connectivity index (χ1v) is 8.91. The van der Waals surface area contributed by atoms with E-state index < -0.39 is 5.97 Å². The van der Waals surface area contributed by atoms with E-state index in [-0.39, 0.29) is 5.91 Å². The molecular weight excluding hydrogens is 368 g/mol. The largest absolute Gasteiger partial charge is 0.497 e. The lowest BCUT2D eigenvalue weighted by Crippen LogP contribution is -2.17. The van der Waals surface area contributed by atoms with E-state index in [9.17, 15) is 9.59 Å². The van der Waals surface area contributed by atoms with E-state index in [4.69, 9.17) is 9.47 Å². The highest BCUT2D eigenvalue weighted by molar-refractivity contribution is 5.95. The fraction of sp³-hybridized carbons (Fsp3) is 0.0870. The number of methoxy groups -OCH3 is 1. The molecule has 0 radical (unpaired) electrons. The molecule has 3 aromatic carbocycles. The lowest BCUT2D eigenvalue weighted by atomic mass is 10.1. The molecule has 1 N–H and O–H groups in total. The SMILES string of the molecule is COc1ccc(C(=O)Oc2cccc(/C=N\NC(=O)c3ccc(C)cc3)c2)cc1. The predicted octanol–water partition coefficient (Wildman–Crippen LogP) is 3.99. The van der Waals surface area contributed by atoms with Crippen LogP contribution in [0.15, 0.2) is 77.9 Å². The van der Waals surface area contributed by atoms with Crippen molar-refractivity contribution in [2.24, 2.45) is 5.10 Å². The summed E-state index contributed by atoms with van der Waals surface area (Å²) in [6, 6.07) is 20.7. The summed E-state index contributed by atoms with van der Waals surface area (Å²) >= 11 is 0. The highest BCUT2D eigenvalue weighted by atomic mass is 16.5. The normalized spacial score (nSPS) is 10.6. The molecule has 0 saturated carbocycles. The fourth-order valence-electron chi connectivity index (χ4n) is 2.49. The number of esters is 1. The minimum Gasteiger partial charge on any atom is -0.497 e. The standard InChI is InChI=1S/C23H20N2O4/c1-16-6-8-18(9-7-16)22(26)25-24-15-17-4-3-5-21(14-17)29-23(27)19-10-12-20(28-2)13-11-19/h3-15H,1-2H3,(H,25,26)/b24-15-. The summed E-state index contributed by atoms with van der Waals surface area (Å²) < 4.78 is 10.5. The highest BCUT2D eigenvalue weighted by Crippen LogP contribution is 2.16. The third kappa shape index (κ3) is 5.52. The van der Waals surface area contributed by atoms with Gasteiger partial charge in [0, 0.05) is 5.56 Å². The molecule has 0 unspecified atom stereocenters. The van der Waals surface area contributed by atoms with Gasteiger partial charge < -0.3 is 9.47 Å². The molecule has 1 amide bonds. The Morgan fingerprint density at radius 3 is 2.28 bits per heavy atom. The lowest BCUT2D eigenvalue weighted by Gasteiger charge is -2.06. The van der Waals surface area contributed by atoms with Crippen molar-refractivity contribution in [3.8, 4) is 11.5 Å². The van der Waals surface area contributed by atoms with Crippen molar-refractivity contribution in [2.45, 2.75) is 6.92 Å². The van der Waals surface area contributed by atoms with E-state index in [0.29, 0.717) is 28.2 Å². The van der Waals surface area contributed by atoms with Crippen molar-refractivity contribution >= 4 is 18.1 Å². The first-order valence-electron chi connectivity index (χ1n) is 8.91. The van der Waals surface area contributed by atoms with Crippen LogP contribution in [-0.4, -0.2) is 25.2 Å². The van der Waals surface area contributed by atoms with Gasteiger partial charge in [0.2, 0.25) is 0 Å². The van der Waals surface area contributed by atoms with Crippen LogP contribution < -0.4 is 14.9 Å². The fourth-order valence-corrected chi connectivity index (χ4v) is 2.49. The van der Waals surface area contributed by atoms with Crippen molar-refractivity contribution in [1.82, 2.24) is 5.43 Å². The predicted molar refractivity (Wildman–Crippen MR) is 111 cm³/mol. The Morgan fingerprint density at radius 1 is 0.897 bits per heavy atom. The lowest BCUT2D eigenvalue weighted by molar-refractivity contribution is 0.0734. The number of ether oxygens (including phenoxy) is 2. The highest BCUT2D eigenvalue weighted by Gasteiger charge is 2.09. The Bertz CT molecular complexity index is 1030. The topological polar surface area (TPSA) is 77.0 Å². The van der Waals surface area contributed by atoms with Crippen LogP contribution in [-0.2, 0) is 0 Å². The zero-order valence-corrected chi connectivity index (χ0v) is 16.1. The third-order valence-electron chi connectivity index (χ3n) is 4.09. The number of nitrogens with one attached hydrogen (secondary N) is 1. The molecule has 0 aliphatic heterocycles. The van der Waals surface area contributed by atoms with E-state index in [1.165, 1.54) is 6.21 Å². The molecule has 6 nitrogen and oxygen atoms in total. The maximum atomic E-state index is 12.3. The summed E-state index contributed by atoms with van der Waals surface area (Å²) in [7, 11) is 1.56. The van der Waals surface area contributed by atoms with Gasteiger partial charge in [-0.3, -0.25) is 4.79 Å². The number of rotatable bonds is 6. The number of nitrogens with zero attached hydrogens (tertiary/aromatic N) is 1. The molecule has 0 aliphatic carbocycles. The minimum atomic E-state index is -0.477. The zero-order chi connectivity index (χ0) is 20.6. The van der Waals surface area contributed by atoms with Crippen molar-refractivity contribution < 1.29 is 19.1 Å². The average molecular weight is 388 g/mol. The van der Waals surface area contributed by atoms with Crippen molar-refractivity contribution in [3.05, 3.63) is 95.1 Å². The molecule has 29 heavy (non-hydrogen) atoms. The Morgan fingerprint density at radius 2 is 1.59 bits per heavy atom. The summed E-state index contributed by atoms with van der Waals surface area (Å²) in [6.45, 7) is 1.95. The van der Waals surface area contributed by atoms with E-state index in [1.807, 2.05) is 19.1 Å². The number of aryl methyl sites for hydroxylation is 1. The summed E-state index contributed by atoms with van der Waals surface area (Å²) in [5, 5.41) is 3.96. The van der Waals surface area contributed by atoms with Crippen molar-refractivity contribution in [3.63, 3.8) is 0 Å². The van der Waals surface area contributed by atoms with E-state index in [0.717, 1.165) is 5.56 Å². The second-order valence-corrected chi connectivity index (χ2v) is 6.26. The monoisotopic (exact) mass is 388 g/mol. The van der Waals surface area contributed by atoms with Gasteiger partial charge in [-0.25, -0.2) is 10.2 Å². The smallest absolute Gasteiger partial charge is 0.343 e. The number of hydrogen-bond acceptors (Lipinski definition) is 5. The van der Waals surface area contributed by atoms with Gasteiger partial charge in [-0.1, -0.05) is 29.8 Å². The van der Waals surface area contributed by atoms with Gasteiger partial charge in [0.1, 0.15) is 11.5 Å². The molecule has 146 valence electrons. The van der Waals surface area contributed by atoms with Crippen LogP contribution in [0.5, 0.6) is 11.5 Å². The Balaban J connectivity index is 1.61. The maximum absolute atomic E-state index is 12.3. The van der Waals surface area contributed by atoms with Gasteiger partial charge in [-0.15, -0.1) is 0 Å². The zero-order valence-electron chi connectivity index (χ0n) is 16.1. The van der Waals surface area contributed by atoms with Gasteiger partial charge in [0.25, 0.3) is 5.91 Å². The van der Waals surface area contributed by atoms with E-state index >= 15 is 0 Å². The summed E-state index contributed by atoms with van der Waals surface area (Å²) in [5.41, 5.74) is 5.16. The van der Waals surface area contributed by atoms with Crippen LogP contribution in [0, 0.1) is 6.92 Å². The molecular formula is C23H20N2O4. The van der Waals surface area contributed by atoms with Gasteiger partial charge in [0.05, 0.1) is 18.9 Å². The number of hydrogen-bond donors (Lipinski definition) is 1. The first-order chi connectivity index (χ1) is 14.0. The Kier molecular flexibility index (Phi) is 6.37. The van der Waals surface area contributed by atoms with Gasteiger partial charge in [-0.05, 0) is 61.0 Å². The molecule has 3 rings (SSSR count). The first kappa shape index (κ1) is 19.8. The maximum Gasteiger partial charge on any atom is 0.343 e. The Labute approximate surface area is 168 Å². The summed E-state index contributed by atoms with van der Waals surface area (Å²) in [5.74, 6) is 0.254. The van der Waals surface area contributed by atoms with E-state index in [1.54, 1.807) is 67.8 Å². The van der Waals surface area contributed by atoms with Crippen LogP contribution in [0.25, 0.3) is 0 Å². The van der Waals surface area contributed by atoms with Crippen LogP contribution in [0.3, 0.4) is 0 Å².